The Morgan fingerprint density at radius 3 is 2.33 bits per heavy atom. The van der Waals surface area contributed by atoms with Crippen LogP contribution in [0.2, 0.25) is 0 Å². The van der Waals surface area contributed by atoms with Crippen LogP contribution in [0.1, 0.15) is 30.4 Å². The Morgan fingerprint density at radius 2 is 1.75 bits per heavy atom. The highest BCUT2D eigenvalue weighted by atomic mass is 32.2. The van der Waals surface area contributed by atoms with Crippen molar-refractivity contribution in [2.24, 2.45) is 12.8 Å². The highest BCUT2D eigenvalue weighted by molar-refractivity contribution is 7.90. The molecule has 2 aliphatic rings. The van der Waals surface area contributed by atoms with E-state index in [0.29, 0.717) is 18.5 Å². The summed E-state index contributed by atoms with van der Waals surface area (Å²) in [7, 11) is -0.845. The van der Waals surface area contributed by atoms with E-state index in [4.69, 9.17) is 5.73 Å². The van der Waals surface area contributed by atoms with Gasteiger partial charge in [0.1, 0.15) is 21.5 Å². The average Bonchev–Trinajstić information content (AvgIpc) is 2.83. The molecule has 8 nitrogen and oxygen atoms in total. The van der Waals surface area contributed by atoms with Crippen LogP contribution in [0.3, 0.4) is 0 Å². The second-order valence-corrected chi connectivity index (χ2v) is 9.47. The molecule has 1 saturated heterocycles. The van der Waals surface area contributed by atoms with Crippen LogP contribution in [0.15, 0.2) is 0 Å². The number of rotatable bonds is 6. The van der Waals surface area contributed by atoms with Gasteiger partial charge in [-0.05, 0) is 12.8 Å². The van der Waals surface area contributed by atoms with Gasteiger partial charge < -0.3 is 10.3 Å². The van der Waals surface area contributed by atoms with E-state index < -0.39 is 9.84 Å². The smallest absolute Gasteiger partial charge is 0.148 e. The lowest BCUT2D eigenvalue weighted by Crippen LogP contribution is -2.47. The van der Waals surface area contributed by atoms with Gasteiger partial charge in [-0.3, -0.25) is 9.80 Å². The summed E-state index contributed by atoms with van der Waals surface area (Å²) in [5.74, 6) is 2.75. The van der Waals surface area contributed by atoms with Gasteiger partial charge in [-0.1, -0.05) is 0 Å². The van der Waals surface area contributed by atoms with Gasteiger partial charge in [-0.25, -0.2) is 8.42 Å². The molecule has 0 bridgehead atoms. The standard InChI is InChI=1S/C15H28N6O2S/c1-19-14(17-18-15(19)12-9-13(16)10-12)11-21-5-3-20(4-6-21)7-8-24(2,22)23/h12-13H,3-11,16H2,1-2H3. The van der Waals surface area contributed by atoms with Crippen molar-refractivity contribution in [2.45, 2.75) is 31.3 Å². The summed E-state index contributed by atoms with van der Waals surface area (Å²) in [6, 6.07) is 0.315. The lowest BCUT2D eigenvalue weighted by atomic mass is 9.80. The highest BCUT2D eigenvalue weighted by Crippen LogP contribution is 2.34. The number of nitrogens with two attached hydrogens (primary N) is 1. The monoisotopic (exact) mass is 356 g/mol. The Labute approximate surface area is 143 Å². The molecule has 0 amide bonds. The van der Waals surface area contributed by atoms with Gasteiger partial charge in [0.2, 0.25) is 0 Å². The molecule has 0 aromatic carbocycles. The molecule has 24 heavy (non-hydrogen) atoms. The van der Waals surface area contributed by atoms with Crippen molar-refractivity contribution in [3.05, 3.63) is 11.6 Å². The van der Waals surface area contributed by atoms with E-state index in [0.717, 1.165) is 57.2 Å². The van der Waals surface area contributed by atoms with Gasteiger partial charge >= 0.3 is 0 Å². The highest BCUT2D eigenvalue weighted by Gasteiger charge is 2.31. The number of aromatic nitrogens is 3. The van der Waals surface area contributed by atoms with E-state index >= 15 is 0 Å². The van der Waals surface area contributed by atoms with Crippen molar-refractivity contribution < 1.29 is 8.42 Å². The van der Waals surface area contributed by atoms with E-state index in [1.807, 2.05) is 7.05 Å². The van der Waals surface area contributed by atoms with Crippen molar-refractivity contribution >= 4 is 9.84 Å². The van der Waals surface area contributed by atoms with Crippen LogP contribution in [0, 0.1) is 0 Å². The molecule has 136 valence electrons. The molecule has 0 spiro atoms. The van der Waals surface area contributed by atoms with Gasteiger partial charge in [-0.15, -0.1) is 10.2 Å². The van der Waals surface area contributed by atoms with Crippen LogP contribution >= 0.6 is 0 Å². The lowest BCUT2D eigenvalue weighted by molar-refractivity contribution is 0.129. The molecule has 0 radical (unpaired) electrons. The Bertz CT molecular complexity index is 660. The molecule has 3 rings (SSSR count). The molecule has 1 saturated carbocycles. The average molecular weight is 356 g/mol. The largest absolute Gasteiger partial charge is 0.328 e. The minimum absolute atomic E-state index is 0.239. The summed E-state index contributed by atoms with van der Waals surface area (Å²) < 4.78 is 24.6. The Kier molecular flexibility index (Phi) is 5.24. The molecular weight excluding hydrogens is 328 g/mol. The molecule has 1 aromatic rings. The van der Waals surface area contributed by atoms with Crippen molar-refractivity contribution in [3.8, 4) is 0 Å². The lowest BCUT2D eigenvalue weighted by Gasteiger charge is -2.34. The van der Waals surface area contributed by atoms with Crippen LogP contribution in [-0.4, -0.2) is 83.8 Å². The van der Waals surface area contributed by atoms with Crippen LogP contribution in [0.4, 0.5) is 0 Å². The van der Waals surface area contributed by atoms with E-state index in [-0.39, 0.29) is 5.75 Å². The zero-order valence-electron chi connectivity index (χ0n) is 14.6. The first-order chi connectivity index (χ1) is 11.3. The van der Waals surface area contributed by atoms with Crippen molar-refractivity contribution in [2.75, 3.05) is 44.7 Å². The zero-order valence-corrected chi connectivity index (χ0v) is 15.4. The maximum absolute atomic E-state index is 11.3. The quantitative estimate of drug-likeness (QED) is 0.711. The molecule has 1 aromatic heterocycles. The van der Waals surface area contributed by atoms with Crippen LogP contribution in [0.25, 0.3) is 0 Å². The second kappa shape index (κ2) is 7.07. The number of sulfone groups is 1. The number of hydrogen-bond acceptors (Lipinski definition) is 7. The molecule has 9 heteroatoms. The number of hydrogen-bond donors (Lipinski definition) is 1. The fourth-order valence-corrected chi connectivity index (χ4v) is 4.00. The maximum atomic E-state index is 11.3. The molecule has 0 unspecified atom stereocenters. The number of piperazine rings is 1. The molecule has 2 N–H and O–H groups in total. The molecule has 1 aliphatic heterocycles. The van der Waals surface area contributed by atoms with Crippen LogP contribution in [-0.2, 0) is 23.4 Å². The molecular formula is C15H28N6O2S. The topological polar surface area (TPSA) is 97.3 Å². The minimum Gasteiger partial charge on any atom is -0.328 e. The van der Waals surface area contributed by atoms with E-state index in [1.165, 1.54) is 6.26 Å². The van der Waals surface area contributed by atoms with Gasteiger partial charge in [0.25, 0.3) is 0 Å². The molecule has 0 atom stereocenters. The molecule has 1 aliphatic carbocycles. The summed E-state index contributed by atoms with van der Waals surface area (Å²) in [4.78, 5) is 4.58. The van der Waals surface area contributed by atoms with Gasteiger partial charge in [0.15, 0.2) is 0 Å². The summed E-state index contributed by atoms with van der Waals surface area (Å²) in [5, 5.41) is 8.73. The van der Waals surface area contributed by atoms with E-state index in [2.05, 4.69) is 24.6 Å². The fourth-order valence-electron chi connectivity index (χ4n) is 3.41. The van der Waals surface area contributed by atoms with Crippen LogP contribution < -0.4 is 5.73 Å². The SMILES string of the molecule is Cn1c(CN2CCN(CCS(C)(=O)=O)CC2)nnc1C1CC(N)C1. The first kappa shape index (κ1) is 17.8. The third-order valence-electron chi connectivity index (χ3n) is 5.15. The fraction of sp³-hybridized carbons (Fsp3) is 0.867. The third kappa shape index (κ3) is 4.33. The van der Waals surface area contributed by atoms with Gasteiger partial charge in [0.05, 0.1) is 12.3 Å². The van der Waals surface area contributed by atoms with E-state index in [9.17, 15) is 8.42 Å². The van der Waals surface area contributed by atoms with Crippen molar-refractivity contribution in [1.29, 1.82) is 0 Å². The Morgan fingerprint density at radius 1 is 1.12 bits per heavy atom. The van der Waals surface area contributed by atoms with Crippen molar-refractivity contribution in [1.82, 2.24) is 24.6 Å². The maximum Gasteiger partial charge on any atom is 0.148 e. The summed E-state index contributed by atoms with van der Waals surface area (Å²) in [6.07, 6.45) is 3.31. The first-order valence-corrected chi connectivity index (χ1v) is 10.6. The first-order valence-electron chi connectivity index (χ1n) is 8.58. The van der Waals surface area contributed by atoms with Crippen LogP contribution in [0.5, 0.6) is 0 Å². The summed E-state index contributed by atoms with van der Waals surface area (Å²) in [5.41, 5.74) is 5.87. The Hall–Kier alpha value is -1.03. The van der Waals surface area contributed by atoms with Gasteiger partial charge in [0, 0.05) is 58.0 Å². The summed E-state index contributed by atoms with van der Waals surface area (Å²) in [6.45, 7) is 5.08. The third-order valence-corrected chi connectivity index (χ3v) is 6.07. The summed E-state index contributed by atoms with van der Waals surface area (Å²) >= 11 is 0. The zero-order chi connectivity index (χ0) is 17.3. The second-order valence-electron chi connectivity index (χ2n) is 7.21. The Balaban J connectivity index is 1.48. The predicted octanol–water partition coefficient (Wildman–Crippen LogP) is -0.818. The van der Waals surface area contributed by atoms with Gasteiger partial charge in [-0.2, -0.15) is 0 Å². The number of nitrogens with zero attached hydrogens (tertiary/aromatic N) is 5. The minimum atomic E-state index is -2.88. The van der Waals surface area contributed by atoms with Crippen molar-refractivity contribution in [3.63, 3.8) is 0 Å². The molecule has 2 heterocycles. The predicted molar refractivity (Wildman–Crippen MR) is 92.4 cm³/mol. The normalized spacial score (nSPS) is 26.5. The molecule has 2 fully saturated rings. The van der Waals surface area contributed by atoms with E-state index in [1.54, 1.807) is 0 Å².